The summed E-state index contributed by atoms with van der Waals surface area (Å²) in [6.07, 6.45) is -4.71. The maximum Gasteiger partial charge on any atom is 0.449 e. The smallest absolute Gasteiger partial charge is 0.334 e. The van der Waals surface area contributed by atoms with E-state index < -0.39 is 23.1 Å². The van der Waals surface area contributed by atoms with E-state index in [4.69, 9.17) is 11.6 Å². The average Bonchev–Trinajstić information content (AvgIpc) is 3.20. The number of H-pyrrole nitrogens is 1. The molecule has 1 heterocycles. The molecule has 0 amide bonds. The minimum absolute atomic E-state index is 0.0142. The molecule has 4 nitrogen and oxygen atoms in total. The Morgan fingerprint density at radius 3 is 2.28 bits per heavy atom. The number of hydrogen-bond acceptors (Lipinski definition) is 2. The van der Waals surface area contributed by atoms with Crippen LogP contribution in [0.15, 0.2) is 72.8 Å². The molecule has 0 bridgehead atoms. The van der Waals surface area contributed by atoms with E-state index in [0.717, 1.165) is 11.1 Å². The Kier molecular flexibility index (Phi) is 6.19. The zero-order chi connectivity index (χ0) is 22.9. The fourth-order valence-electron chi connectivity index (χ4n) is 3.45. The lowest BCUT2D eigenvalue weighted by Gasteiger charge is -2.12. The summed E-state index contributed by atoms with van der Waals surface area (Å²) in [5.41, 5.74) is 2.79. The fraction of sp³-hybridized carbons (Fsp3) is 0.0870. The van der Waals surface area contributed by atoms with Gasteiger partial charge in [-0.05, 0) is 28.8 Å². The van der Waals surface area contributed by atoms with Gasteiger partial charge in [-0.15, -0.1) is 0 Å². The maximum absolute atomic E-state index is 13.5. The number of nitrogens with one attached hydrogen (secondary N) is 1. The Bertz CT molecular complexity index is 1290. The second-order valence-electron chi connectivity index (χ2n) is 6.99. The molecular formula is C23H16ClF3N2O2S. The quantitative estimate of drug-likeness (QED) is 0.311. The van der Waals surface area contributed by atoms with E-state index in [2.05, 4.69) is 9.97 Å². The van der Waals surface area contributed by atoms with Crippen LogP contribution in [0.5, 0.6) is 0 Å². The molecule has 32 heavy (non-hydrogen) atoms. The lowest BCUT2D eigenvalue weighted by atomic mass is 9.96. The van der Waals surface area contributed by atoms with Gasteiger partial charge in [-0.25, -0.2) is 9.19 Å². The van der Waals surface area contributed by atoms with Crippen molar-refractivity contribution < 1.29 is 21.9 Å². The average molecular weight is 477 g/mol. The highest BCUT2D eigenvalue weighted by atomic mass is 35.5. The van der Waals surface area contributed by atoms with Crippen molar-refractivity contribution in [2.75, 3.05) is 0 Å². The molecule has 3 aromatic carbocycles. The first-order valence-electron chi connectivity index (χ1n) is 9.42. The summed E-state index contributed by atoms with van der Waals surface area (Å²) in [5, 5.41) is 0.238. The number of imidazole rings is 1. The number of hydrogen-bond donors (Lipinski definition) is 2. The minimum atomic E-state index is -4.71. The highest BCUT2D eigenvalue weighted by Gasteiger charge is 2.36. The molecule has 1 unspecified atom stereocenters. The maximum atomic E-state index is 13.5. The molecule has 0 aliphatic carbocycles. The van der Waals surface area contributed by atoms with Crippen molar-refractivity contribution in [1.29, 1.82) is 0 Å². The summed E-state index contributed by atoms with van der Waals surface area (Å²) in [4.78, 5) is 6.15. The van der Waals surface area contributed by atoms with Gasteiger partial charge in [-0.3, -0.25) is 0 Å². The molecule has 0 saturated carbocycles. The SMILES string of the molecule is O=S(O)Cc1cc(-c2ccccc2)ccc1-c1[nH]c(C(F)(F)F)nc1-c1ccccc1Cl. The lowest BCUT2D eigenvalue weighted by molar-refractivity contribution is -0.144. The number of aromatic amines is 1. The van der Waals surface area contributed by atoms with Gasteiger partial charge in [0.15, 0.2) is 11.1 Å². The second-order valence-corrected chi connectivity index (χ2v) is 8.33. The van der Waals surface area contributed by atoms with Gasteiger partial charge in [0, 0.05) is 11.1 Å². The van der Waals surface area contributed by atoms with Crippen molar-refractivity contribution in [2.24, 2.45) is 0 Å². The van der Waals surface area contributed by atoms with Crippen LogP contribution in [0.4, 0.5) is 13.2 Å². The van der Waals surface area contributed by atoms with Crippen molar-refractivity contribution in [3.05, 3.63) is 89.2 Å². The number of nitrogens with zero attached hydrogens (tertiary/aromatic N) is 1. The van der Waals surface area contributed by atoms with Crippen molar-refractivity contribution in [3.8, 4) is 33.6 Å². The van der Waals surface area contributed by atoms with Crippen molar-refractivity contribution in [3.63, 3.8) is 0 Å². The van der Waals surface area contributed by atoms with Crippen molar-refractivity contribution in [1.82, 2.24) is 9.97 Å². The number of alkyl halides is 3. The molecule has 9 heteroatoms. The monoisotopic (exact) mass is 476 g/mol. The molecule has 164 valence electrons. The zero-order valence-electron chi connectivity index (χ0n) is 16.4. The van der Waals surface area contributed by atoms with Crippen molar-refractivity contribution in [2.45, 2.75) is 11.9 Å². The van der Waals surface area contributed by atoms with Crippen LogP contribution in [0.25, 0.3) is 33.6 Å². The highest BCUT2D eigenvalue weighted by molar-refractivity contribution is 7.78. The zero-order valence-corrected chi connectivity index (χ0v) is 17.9. The molecule has 0 saturated heterocycles. The van der Waals surface area contributed by atoms with Crippen LogP contribution in [0.1, 0.15) is 11.4 Å². The Balaban J connectivity index is 1.95. The first kappa shape index (κ1) is 22.3. The highest BCUT2D eigenvalue weighted by Crippen LogP contribution is 2.40. The summed E-state index contributed by atoms with van der Waals surface area (Å²) in [7, 11) is 0. The number of benzene rings is 3. The Morgan fingerprint density at radius 1 is 0.938 bits per heavy atom. The Morgan fingerprint density at radius 2 is 1.62 bits per heavy atom. The molecule has 4 aromatic rings. The van der Waals surface area contributed by atoms with Gasteiger partial charge in [-0.2, -0.15) is 13.2 Å². The molecule has 2 N–H and O–H groups in total. The lowest BCUT2D eigenvalue weighted by Crippen LogP contribution is -2.07. The van der Waals surface area contributed by atoms with Gasteiger partial charge in [0.1, 0.15) is 0 Å². The normalized spacial score (nSPS) is 12.7. The summed E-state index contributed by atoms with van der Waals surface area (Å²) in [6.45, 7) is 0. The third-order valence-electron chi connectivity index (χ3n) is 4.86. The fourth-order valence-corrected chi connectivity index (χ4v) is 4.18. The molecule has 0 aliphatic rings. The molecule has 0 fully saturated rings. The van der Waals surface area contributed by atoms with Crippen LogP contribution in [-0.4, -0.2) is 18.7 Å². The Hall–Kier alpha value is -2.94. The summed E-state index contributed by atoms with van der Waals surface area (Å²) in [6, 6.07) is 20.8. The predicted octanol–water partition coefficient (Wildman–Crippen LogP) is 6.80. The number of aromatic nitrogens is 2. The van der Waals surface area contributed by atoms with Gasteiger partial charge >= 0.3 is 6.18 Å². The van der Waals surface area contributed by atoms with Crippen LogP contribution >= 0.6 is 11.6 Å². The first-order chi connectivity index (χ1) is 15.2. The van der Waals surface area contributed by atoms with E-state index in [9.17, 15) is 21.9 Å². The summed E-state index contributed by atoms with van der Waals surface area (Å²) in [5.74, 6) is -1.44. The van der Waals surface area contributed by atoms with Crippen LogP contribution in [0.3, 0.4) is 0 Å². The molecular weight excluding hydrogens is 461 g/mol. The first-order valence-corrected chi connectivity index (χ1v) is 11.1. The van der Waals surface area contributed by atoms with E-state index in [0.29, 0.717) is 16.7 Å². The largest absolute Gasteiger partial charge is 0.449 e. The van der Waals surface area contributed by atoms with E-state index in [1.807, 2.05) is 30.3 Å². The second kappa shape index (κ2) is 8.90. The van der Waals surface area contributed by atoms with Crippen LogP contribution in [0.2, 0.25) is 5.02 Å². The molecule has 0 radical (unpaired) electrons. The minimum Gasteiger partial charge on any atom is -0.334 e. The van der Waals surface area contributed by atoms with Crippen LogP contribution in [0, 0.1) is 0 Å². The third-order valence-corrected chi connectivity index (χ3v) is 5.75. The Labute approximate surface area is 189 Å². The van der Waals surface area contributed by atoms with Gasteiger partial charge < -0.3 is 9.54 Å². The van der Waals surface area contributed by atoms with Crippen LogP contribution < -0.4 is 0 Å². The van der Waals surface area contributed by atoms with Gasteiger partial charge in [0.2, 0.25) is 5.82 Å². The predicted molar refractivity (Wildman–Crippen MR) is 119 cm³/mol. The number of rotatable bonds is 5. The van der Waals surface area contributed by atoms with E-state index in [1.165, 1.54) is 0 Å². The van der Waals surface area contributed by atoms with E-state index >= 15 is 0 Å². The van der Waals surface area contributed by atoms with E-state index in [1.54, 1.807) is 42.5 Å². The van der Waals surface area contributed by atoms with E-state index in [-0.39, 0.29) is 22.2 Å². The topological polar surface area (TPSA) is 66.0 Å². The number of halogens is 4. The molecule has 1 aromatic heterocycles. The van der Waals surface area contributed by atoms with Gasteiger partial charge in [0.25, 0.3) is 0 Å². The standard InChI is InChI=1S/C23H16ClF3N2O2S/c24-19-9-5-4-8-18(19)21-20(28-22(29-21)23(25,26)27)17-11-10-15(12-16(17)13-32(30)31)14-6-2-1-3-7-14/h1-12H,13H2,(H,28,29)(H,30,31). The molecule has 1 atom stereocenters. The summed E-state index contributed by atoms with van der Waals surface area (Å²) >= 11 is 4.03. The third kappa shape index (κ3) is 4.62. The molecule has 0 aliphatic heterocycles. The molecule has 0 spiro atoms. The summed E-state index contributed by atoms with van der Waals surface area (Å²) < 4.78 is 61.7. The van der Waals surface area contributed by atoms with Gasteiger partial charge in [0.05, 0.1) is 22.2 Å². The van der Waals surface area contributed by atoms with Gasteiger partial charge in [-0.1, -0.05) is 72.3 Å². The van der Waals surface area contributed by atoms with Crippen molar-refractivity contribution >= 4 is 22.7 Å². The molecule has 4 rings (SSSR count). The van der Waals surface area contributed by atoms with Crippen LogP contribution in [-0.2, 0) is 23.0 Å².